The second-order valence-corrected chi connectivity index (χ2v) is 6.15. The van der Waals surface area contributed by atoms with E-state index in [1.807, 2.05) is 0 Å². The Kier molecular flexibility index (Phi) is 5.69. The molecule has 2 heterocycles. The highest BCUT2D eigenvalue weighted by atomic mass is 16.5. The quantitative estimate of drug-likeness (QED) is 0.605. The Morgan fingerprint density at radius 3 is 2.35 bits per heavy atom. The number of hydrogen-bond acceptors (Lipinski definition) is 4. The minimum absolute atomic E-state index is 0.164. The van der Waals surface area contributed by atoms with Gasteiger partial charge in [-0.3, -0.25) is 9.59 Å². The third-order valence-corrected chi connectivity index (χ3v) is 4.59. The molecule has 0 aliphatic carbocycles. The molecule has 0 aromatic carbocycles. The van der Waals surface area contributed by atoms with Crippen molar-refractivity contribution in [1.29, 1.82) is 0 Å². The molecule has 7 heteroatoms. The molecule has 26 heavy (non-hydrogen) atoms. The highest BCUT2D eigenvalue weighted by Crippen LogP contribution is 2.32. The van der Waals surface area contributed by atoms with E-state index in [1.54, 1.807) is 57.8 Å². The highest BCUT2D eigenvalue weighted by molar-refractivity contribution is 6.10. The summed E-state index contributed by atoms with van der Waals surface area (Å²) in [6.45, 7) is 5.23. The molecule has 0 fully saturated rings. The van der Waals surface area contributed by atoms with Gasteiger partial charge in [-0.05, 0) is 38.0 Å². The molecule has 0 aliphatic rings. The van der Waals surface area contributed by atoms with Crippen LogP contribution in [-0.4, -0.2) is 38.6 Å². The zero-order valence-electron chi connectivity index (χ0n) is 15.7. The summed E-state index contributed by atoms with van der Waals surface area (Å²) in [5.41, 5.74) is 1.66. The number of carbonyl (C=O) groups is 3. The molecule has 0 amide bonds. The van der Waals surface area contributed by atoms with Gasteiger partial charge in [0.15, 0.2) is 0 Å². The lowest BCUT2D eigenvalue weighted by Gasteiger charge is -2.15. The number of rotatable bonds is 7. The Labute approximate surface area is 152 Å². The van der Waals surface area contributed by atoms with Crippen LogP contribution in [0.25, 0.3) is 0 Å². The molecular formula is C19H24N2O5. The standard InChI is InChI=1S/C19H24N2O5/c1-6-12(18(23)24)16-14(19(25)26-7-2)11(3)15(21(16)5)17(22)13-9-8-10-20(13)4/h8-10,12H,6-7H2,1-5H3,(H,23,24). The molecule has 1 N–H and O–H groups in total. The molecule has 0 saturated carbocycles. The van der Waals surface area contributed by atoms with Crippen LogP contribution in [0.15, 0.2) is 18.3 Å². The Balaban J connectivity index is 2.75. The van der Waals surface area contributed by atoms with Crippen molar-refractivity contribution in [3.05, 3.63) is 46.5 Å². The smallest absolute Gasteiger partial charge is 0.340 e. The second kappa shape index (κ2) is 7.59. The normalized spacial score (nSPS) is 12.0. The van der Waals surface area contributed by atoms with Crippen molar-refractivity contribution in [3.63, 3.8) is 0 Å². The average Bonchev–Trinajstić information content (AvgIpc) is 3.10. The number of nitrogens with zero attached hydrogens (tertiary/aromatic N) is 2. The van der Waals surface area contributed by atoms with E-state index in [0.717, 1.165) is 0 Å². The molecule has 2 aromatic rings. The van der Waals surface area contributed by atoms with Gasteiger partial charge in [0.25, 0.3) is 0 Å². The first-order valence-corrected chi connectivity index (χ1v) is 8.51. The lowest BCUT2D eigenvalue weighted by Crippen LogP contribution is -2.19. The van der Waals surface area contributed by atoms with Gasteiger partial charge in [0.2, 0.25) is 5.78 Å². The van der Waals surface area contributed by atoms with Gasteiger partial charge in [-0.15, -0.1) is 0 Å². The van der Waals surface area contributed by atoms with E-state index in [-0.39, 0.29) is 24.4 Å². The fourth-order valence-corrected chi connectivity index (χ4v) is 3.34. The van der Waals surface area contributed by atoms with E-state index in [2.05, 4.69) is 0 Å². The van der Waals surface area contributed by atoms with Crippen LogP contribution < -0.4 is 0 Å². The number of carboxylic acids is 1. The summed E-state index contributed by atoms with van der Waals surface area (Å²) in [6, 6.07) is 3.44. The van der Waals surface area contributed by atoms with Gasteiger partial charge in [0.05, 0.1) is 29.5 Å². The Bertz CT molecular complexity index is 860. The molecular weight excluding hydrogens is 336 g/mol. The number of esters is 1. The highest BCUT2D eigenvalue weighted by Gasteiger charge is 2.34. The molecule has 0 saturated heterocycles. The zero-order chi connectivity index (χ0) is 19.6. The molecule has 1 unspecified atom stereocenters. The van der Waals surface area contributed by atoms with E-state index in [4.69, 9.17) is 4.74 Å². The van der Waals surface area contributed by atoms with Crippen molar-refractivity contribution >= 4 is 17.7 Å². The summed E-state index contributed by atoms with van der Waals surface area (Å²) in [6.07, 6.45) is 2.04. The lowest BCUT2D eigenvalue weighted by molar-refractivity contribution is -0.139. The number of aromatic nitrogens is 2. The van der Waals surface area contributed by atoms with Crippen LogP contribution in [-0.2, 0) is 23.6 Å². The van der Waals surface area contributed by atoms with E-state index in [9.17, 15) is 19.5 Å². The maximum atomic E-state index is 13.1. The van der Waals surface area contributed by atoms with Gasteiger partial charge in [0.1, 0.15) is 0 Å². The summed E-state index contributed by atoms with van der Waals surface area (Å²) < 4.78 is 8.34. The molecule has 140 valence electrons. The minimum Gasteiger partial charge on any atom is -0.481 e. The summed E-state index contributed by atoms with van der Waals surface area (Å²) in [5, 5.41) is 9.60. The van der Waals surface area contributed by atoms with E-state index in [0.29, 0.717) is 22.6 Å². The van der Waals surface area contributed by atoms with Crippen LogP contribution in [0.5, 0.6) is 0 Å². The number of aliphatic carboxylic acids is 1. The maximum Gasteiger partial charge on any atom is 0.340 e. The number of aryl methyl sites for hydroxylation is 1. The molecule has 2 rings (SSSR count). The SMILES string of the molecule is CCOC(=O)c1c(C)c(C(=O)c2cccn2C)n(C)c1C(CC)C(=O)O. The second-order valence-electron chi connectivity index (χ2n) is 6.15. The Morgan fingerprint density at radius 2 is 1.88 bits per heavy atom. The molecule has 0 bridgehead atoms. The van der Waals surface area contributed by atoms with Crippen LogP contribution in [0.3, 0.4) is 0 Å². The Hall–Kier alpha value is -2.83. The predicted octanol–water partition coefficient (Wildman–Crippen LogP) is 2.66. The monoisotopic (exact) mass is 360 g/mol. The van der Waals surface area contributed by atoms with Crippen molar-refractivity contribution in [3.8, 4) is 0 Å². The fourth-order valence-electron chi connectivity index (χ4n) is 3.34. The lowest BCUT2D eigenvalue weighted by atomic mass is 9.97. The third-order valence-electron chi connectivity index (χ3n) is 4.59. The number of carbonyl (C=O) groups excluding carboxylic acids is 2. The zero-order valence-corrected chi connectivity index (χ0v) is 15.7. The minimum atomic E-state index is -1.04. The van der Waals surface area contributed by atoms with Crippen molar-refractivity contribution in [2.75, 3.05) is 6.61 Å². The van der Waals surface area contributed by atoms with Crippen molar-refractivity contribution in [1.82, 2.24) is 9.13 Å². The summed E-state index contributed by atoms with van der Waals surface area (Å²) in [4.78, 5) is 37.3. The molecule has 0 radical (unpaired) electrons. The van der Waals surface area contributed by atoms with Crippen LogP contribution in [0, 0.1) is 6.92 Å². The largest absolute Gasteiger partial charge is 0.481 e. The van der Waals surface area contributed by atoms with Crippen molar-refractivity contribution in [2.24, 2.45) is 14.1 Å². The first kappa shape index (κ1) is 19.5. The van der Waals surface area contributed by atoms with Gasteiger partial charge in [-0.1, -0.05) is 6.92 Å². The fraction of sp³-hybridized carbons (Fsp3) is 0.421. The average molecular weight is 360 g/mol. The predicted molar refractivity (Wildman–Crippen MR) is 95.6 cm³/mol. The first-order chi connectivity index (χ1) is 12.3. The van der Waals surface area contributed by atoms with Crippen LogP contribution in [0.2, 0.25) is 0 Å². The van der Waals surface area contributed by atoms with E-state index >= 15 is 0 Å². The summed E-state index contributed by atoms with van der Waals surface area (Å²) >= 11 is 0. The number of carboxylic acid groups (broad SMARTS) is 1. The van der Waals surface area contributed by atoms with Crippen LogP contribution >= 0.6 is 0 Å². The van der Waals surface area contributed by atoms with Crippen molar-refractivity contribution in [2.45, 2.75) is 33.1 Å². The molecule has 2 aromatic heterocycles. The summed E-state index contributed by atoms with van der Waals surface area (Å²) in [5.74, 6) is -2.83. The third kappa shape index (κ3) is 3.16. The van der Waals surface area contributed by atoms with Gasteiger partial charge in [-0.2, -0.15) is 0 Å². The van der Waals surface area contributed by atoms with Gasteiger partial charge in [-0.25, -0.2) is 4.79 Å². The van der Waals surface area contributed by atoms with Crippen LogP contribution in [0.4, 0.5) is 0 Å². The molecule has 1 atom stereocenters. The topological polar surface area (TPSA) is 90.5 Å². The number of ether oxygens (including phenoxy) is 1. The van der Waals surface area contributed by atoms with Gasteiger partial charge in [0, 0.05) is 26.0 Å². The van der Waals surface area contributed by atoms with Crippen LogP contribution in [0.1, 0.15) is 64.0 Å². The summed E-state index contributed by atoms with van der Waals surface area (Å²) in [7, 11) is 3.37. The van der Waals surface area contributed by atoms with Gasteiger partial charge < -0.3 is 19.0 Å². The maximum absolute atomic E-state index is 13.1. The van der Waals surface area contributed by atoms with Gasteiger partial charge >= 0.3 is 11.9 Å². The first-order valence-electron chi connectivity index (χ1n) is 8.51. The molecule has 7 nitrogen and oxygen atoms in total. The Morgan fingerprint density at radius 1 is 1.23 bits per heavy atom. The van der Waals surface area contributed by atoms with E-state index in [1.165, 1.54) is 4.57 Å². The van der Waals surface area contributed by atoms with Crippen molar-refractivity contribution < 1.29 is 24.2 Å². The number of ketones is 1. The molecule has 0 aliphatic heterocycles. The van der Waals surface area contributed by atoms with E-state index < -0.39 is 17.9 Å². The molecule has 0 spiro atoms. The number of hydrogen-bond donors (Lipinski definition) is 1.